The molecule has 3 aromatic rings. The highest BCUT2D eigenvalue weighted by Gasteiger charge is 2.22. The summed E-state index contributed by atoms with van der Waals surface area (Å²) < 4.78 is 0. The highest BCUT2D eigenvalue weighted by molar-refractivity contribution is 6.18. The maximum Gasteiger partial charge on any atom is 0.327 e. The van der Waals surface area contributed by atoms with E-state index in [1.807, 2.05) is 54.6 Å². The Hall–Kier alpha value is -3.32. The second-order valence-corrected chi connectivity index (χ2v) is 5.47. The molecule has 0 fully saturated rings. The van der Waals surface area contributed by atoms with Crippen LogP contribution in [-0.2, 0) is 4.79 Å². The number of nitrogens with one attached hydrogen (secondary N) is 1. The maximum atomic E-state index is 12.8. The first kappa shape index (κ1) is 15.6. The monoisotopic (exact) mass is 317 g/mol. The Morgan fingerprint density at radius 2 is 1.58 bits per heavy atom. The highest BCUT2D eigenvalue weighted by Crippen LogP contribution is 2.28. The van der Waals surface area contributed by atoms with Crippen LogP contribution in [0.5, 0.6) is 0 Å². The normalized spacial score (nSPS) is 11.8. The molecule has 1 amide bonds. The zero-order chi connectivity index (χ0) is 17.1. The third-order valence-corrected chi connectivity index (χ3v) is 3.92. The Kier molecular flexibility index (Phi) is 4.17. The van der Waals surface area contributed by atoms with E-state index in [9.17, 15) is 14.7 Å². The summed E-state index contributed by atoms with van der Waals surface area (Å²) in [4.78, 5) is 24.1. The van der Waals surface area contributed by atoms with Crippen LogP contribution in [0.1, 0.15) is 16.8 Å². The Bertz CT molecular complexity index is 931. The lowest BCUT2D eigenvalue weighted by Crippen LogP contribution is -2.40. The number of carboxylic acids is 1. The standard InChI is InChI=1S/C20H15NO3/c1-2-7-17(20(23)24)21-19(22)18-15-10-5-3-8-13(15)12-14-9-4-6-11-16(14)18/h1,3-6,8-12,17H,7H2,(H,21,22)(H,23,24)/t17-/m1/s1. The fourth-order valence-corrected chi connectivity index (χ4v) is 2.81. The van der Waals surface area contributed by atoms with E-state index in [4.69, 9.17) is 6.42 Å². The Labute approximate surface area is 139 Å². The molecule has 24 heavy (non-hydrogen) atoms. The van der Waals surface area contributed by atoms with Crippen molar-refractivity contribution in [3.05, 3.63) is 60.2 Å². The van der Waals surface area contributed by atoms with Crippen LogP contribution in [0.4, 0.5) is 0 Å². The van der Waals surface area contributed by atoms with Crippen LogP contribution in [0, 0.1) is 12.3 Å². The van der Waals surface area contributed by atoms with Crippen molar-refractivity contribution >= 4 is 33.4 Å². The summed E-state index contributed by atoms with van der Waals surface area (Å²) in [5.74, 6) is 0.698. The van der Waals surface area contributed by atoms with Gasteiger partial charge in [-0.3, -0.25) is 4.79 Å². The molecule has 0 bridgehead atoms. The number of benzene rings is 3. The fourth-order valence-electron chi connectivity index (χ4n) is 2.81. The van der Waals surface area contributed by atoms with Crippen molar-refractivity contribution in [3.8, 4) is 12.3 Å². The minimum Gasteiger partial charge on any atom is -0.480 e. The van der Waals surface area contributed by atoms with Gasteiger partial charge in [0.15, 0.2) is 0 Å². The second-order valence-electron chi connectivity index (χ2n) is 5.47. The van der Waals surface area contributed by atoms with Gasteiger partial charge in [-0.1, -0.05) is 48.5 Å². The second kappa shape index (κ2) is 6.43. The van der Waals surface area contributed by atoms with Crippen molar-refractivity contribution in [1.29, 1.82) is 0 Å². The number of aliphatic carboxylic acids is 1. The van der Waals surface area contributed by atoms with Crippen LogP contribution >= 0.6 is 0 Å². The summed E-state index contributed by atoms with van der Waals surface area (Å²) in [6, 6.07) is 16.0. The average Bonchev–Trinajstić information content (AvgIpc) is 2.58. The maximum absolute atomic E-state index is 12.8. The minimum absolute atomic E-state index is 0.0657. The van der Waals surface area contributed by atoms with Crippen LogP contribution in [0.2, 0.25) is 0 Å². The van der Waals surface area contributed by atoms with Gasteiger partial charge in [0.25, 0.3) is 5.91 Å². The first-order valence-corrected chi connectivity index (χ1v) is 7.49. The van der Waals surface area contributed by atoms with E-state index in [1.165, 1.54) is 0 Å². The Balaban J connectivity index is 2.17. The molecule has 3 rings (SSSR count). The van der Waals surface area contributed by atoms with Crippen LogP contribution in [0.15, 0.2) is 54.6 Å². The lowest BCUT2D eigenvalue weighted by molar-refractivity contribution is -0.139. The third kappa shape index (κ3) is 2.80. The summed E-state index contributed by atoms with van der Waals surface area (Å²) >= 11 is 0. The highest BCUT2D eigenvalue weighted by atomic mass is 16.4. The van der Waals surface area contributed by atoms with Gasteiger partial charge in [0, 0.05) is 6.42 Å². The molecule has 0 unspecified atom stereocenters. The number of hydrogen-bond acceptors (Lipinski definition) is 2. The SMILES string of the molecule is C#CC[C@@H](NC(=O)c1c2ccccc2cc2ccccc12)C(=O)O. The first-order chi connectivity index (χ1) is 11.6. The molecule has 118 valence electrons. The van der Waals surface area contributed by atoms with Gasteiger partial charge in [-0.15, -0.1) is 12.3 Å². The minimum atomic E-state index is -1.15. The molecule has 4 heteroatoms. The molecule has 0 aromatic heterocycles. The summed E-state index contributed by atoms with van der Waals surface area (Å²) in [6.45, 7) is 0. The molecule has 0 spiro atoms. The molecule has 1 atom stereocenters. The smallest absolute Gasteiger partial charge is 0.327 e. The quantitative estimate of drug-likeness (QED) is 0.573. The predicted molar refractivity (Wildman–Crippen MR) is 93.8 cm³/mol. The van der Waals surface area contributed by atoms with Crippen LogP contribution in [0.25, 0.3) is 21.5 Å². The summed E-state index contributed by atoms with van der Waals surface area (Å²) in [5, 5.41) is 15.1. The van der Waals surface area contributed by atoms with Gasteiger partial charge < -0.3 is 10.4 Å². The Morgan fingerprint density at radius 3 is 2.08 bits per heavy atom. The first-order valence-electron chi connectivity index (χ1n) is 7.49. The van der Waals surface area contributed by atoms with Gasteiger partial charge in [0.1, 0.15) is 6.04 Å². The molecule has 0 radical (unpaired) electrons. The van der Waals surface area contributed by atoms with E-state index in [1.54, 1.807) is 0 Å². The molecule has 0 saturated heterocycles. The topological polar surface area (TPSA) is 66.4 Å². The van der Waals surface area contributed by atoms with Crippen LogP contribution < -0.4 is 5.32 Å². The van der Waals surface area contributed by atoms with Crippen LogP contribution in [-0.4, -0.2) is 23.0 Å². The van der Waals surface area contributed by atoms with Crippen molar-refractivity contribution in [1.82, 2.24) is 5.32 Å². The summed E-state index contributed by atoms with van der Waals surface area (Å²) in [7, 11) is 0. The molecule has 0 heterocycles. The van der Waals surface area contributed by atoms with Crippen molar-refractivity contribution in [3.63, 3.8) is 0 Å². The Morgan fingerprint density at radius 1 is 1.04 bits per heavy atom. The molecular formula is C20H15NO3. The lowest BCUT2D eigenvalue weighted by Gasteiger charge is -2.15. The number of rotatable bonds is 4. The van der Waals surface area contributed by atoms with E-state index >= 15 is 0 Å². The summed E-state index contributed by atoms with van der Waals surface area (Å²) in [6.07, 6.45) is 5.13. The van der Waals surface area contributed by atoms with Crippen molar-refractivity contribution in [2.45, 2.75) is 12.5 Å². The van der Waals surface area contributed by atoms with E-state index < -0.39 is 17.9 Å². The van der Waals surface area contributed by atoms with Gasteiger partial charge in [-0.05, 0) is 27.6 Å². The van der Waals surface area contributed by atoms with Crippen molar-refractivity contribution in [2.75, 3.05) is 0 Å². The number of carboxylic acid groups (broad SMARTS) is 1. The number of amides is 1. The molecule has 4 nitrogen and oxygen atoms in total. The van der Waals surface area contributed by atoms with Gasteiger partial charge >= 0.3 is 5.97 Å². The van der Waals surface area contributed by atoms with Gasteiger partial charge in [0.2, 0.25) is 0 Å². The number of fused-ring (bicyclic) bond motifs is 2. The molecule has 0 aliphatic heterocycles. The van der Waals surface area contributed by atoms with E-state index in [0.29, 0.717) is 5.56 Å². The molecule has 3 aromatic carbocycles. The molecule has 0 aliphatic rings. The average molecular weight is 317 g/mol. The number of terminal acetylenes is 1. The zero-order valence-electron chi connectivity index (χ0n) is 12.8. The van der Waals surface area contributed by atoms with Crippen molar-refractivity contribution in [2.24, 2.45) is 0 Å². The predicted octanol–water partition coefficient (Wildman–Crippen LogP) is 3.20. The van der Waals surface area contributed by atoms with Gasteiger partial charge in [-0.2, -0.15) is 0 Å². The molecular weight excluding hydrogens is 302 g/mol. The summed E-state index contributed by atoms with van der Waals surface area (Å²) in [5.41, 5.74) is 0.465. The molecule has 0 aliphatic carbocycles. The van der Waals surface area contributed by atoms with Gasteiger partial charge in [-0.25, -0.2) is 4.79 Å². The largest absolute Gasteiger partial charge is 0.480 e. The zero-order valence-corrected chi connectivity index (χ0v) is 12.8. The van der Waals surface area contributed by atoms with E-state index in [2.05, 4.69) is 11.2 Å². The number of carbonyl (C=O) groups is 2. The number of hydrogen-bond donors (Lipinski definition) is 2. The van der Waals surface area contributed by atoms with E-state index in [0.717, 1.165) is 21.5 Å². The van der Waals surface area contributed by atoms with Crippen LogP contribution in [0.3, 0.4) is 0 Å². The molecule has 2 N–H and O–H groups in total. The van der Waals surface area contributed by atoms with Crippen molar-refractivity contribution < 1.29 is 14.7 Å². The molecule has 0 saturated carbocycles. The third-order valence-electron chi connectivity index (χ3n) is 3.92. The lowest BCUT2D eigenvalue weighted by atomic mass is 9.96. The number of carbonyl (C=O) groups excluding carboxylic acids is 1. The van der Waals surface area contributed by atoms with Gasteiger partial charge in [0.05, 0.1) is 5.56 Å². The fraction of sp³-hybridized carbons (Fsp3) is 0.100. The van der Waals surface area contributed by atoms with E-state index in [-0.39, 0.29) is 6.42 Å².